The number of carbonyl (C=O) groups is 1. The van der Waals surface area contributed by atoms with Crippen molar-refractivity contribution in [3.05, 3.63) is 0 Å². The number of nitrogens with zero attached hydrogens (tertiary/aromatic N) is 1. The smallest absolute Gasteiger partial charge is 0.236 e. The van der Waals surface area contributed by atoms with Gasteiger partial charge in [0.1, 0.15) is 0 Å². The predicted molar refractivity (Wildman–Crippen MR) is 53.9 cm³/mol. The number of nitrogens with one attached hydrogen (secondary N) is 1. The number of morpholine rings is 1. The van der Waals surface area contributed by atoms with Crippen molar-refractivity contribution in [2.75, 3.05) is 39.4 Å². The van der Waals surface area contributed by atoms with Crippen molar-refractivity contribution in [2.45, 2.75) is 13.0 Å². The Hall–Kier alpha value is -0.650. The van der Waals surface area contributed by atoms with Crippen LogP contribution in [0.5, 0.6) is 0 Å². The van der Waals surface area contributed by atoms with Crippen LogP contribution >= 0.6 is 0 Å². The molecule has 5 nitrogen and oxygen atoms in total. The number of hydrogen-bond donors (Lipinski definition) is 2. The van der Waals surface area contributed by atoms with E-state index in [2.05, 4.69) is 10.2 Å². The van der Waals surface area contributed by atoms with E-state index in [4.69, 9.17) is 10.5 Å². The third-order valence-corrected chi connectivity index (χ3v) is 2.24. The number of nitrogens with two attached hydrogens (primary N) is 1. The van der Waals surface area contributed by atoms with E-state index >= 15 is 0 Å². The quantitative estimate of drug-likeness (QED) is 0.598. The van der Waals surface area contributed by atoms with Crippen molar-refractivity contribution in [1.82, 2.24) is 10.2 Å². The molecule has 14 heavy (non-hydrogen) atoms. The van der Waals surface area contributed by atoms with Crippen molar-refractivity contribution in [3.8, 4) is 0 Å². The number of rotatable bonds is 4. The molecule has 0 bridgehead atoms. The average molecular weight is 201 g/mol. The first-order chi connectivity index (χ1) is 6.70. The molecule has 82 valence electrons. The number of ether oxygens (including phenoxy) is 1. The van der Waals surface area contributed by atoms with Crippen molar-refractivity contribution < 1.29 is 9.53 Å². The first-order valence-corrected chi connectivity index (χ1v) is 5.03. The molecular formula is C9H19N3O2. The Morgan fingerprint density at radius 3 is 2.79 bits per heavy atom. The maximum absolute atomic E-state index is 11.1. The van der Waals surface area contributed by atoms with E-state index in [0.717, 1.165) is 32.8 Å². The molecule has 0 aromatic carbocycles. The minimum absolute atomic E-state index is 0.0849. The van der Waals surface area contributed by atoms with Crippen LogP contribution in [0.2, 0.25) is 0 Å². The van der Waals surface area contributed by atoms with E-state index in [1.807, 2.05) is 0 Å². The van der Waals surface area contributed by atoms with Crippen LogP contribution in [-0.2, 0) is 9.53 Å². The first kappa shape index (κ1) is 11.4. The zero-order chi connectivity index (χ0) is 10.4. The lowest BCUT2D eigenvalue weighted by Gasteiger charge is -2.26. The van der Waals surface area contributed by atoms with Gasteiger partial charge in [-0.1, -0.05) is 0 Å². The second-order valence-electron chi connectivity index (χ2n) is 3.53. The van der Waals surface area contributed by atoms with Crippen molar-refractivity contribution >= 4 is 5.91 Å². The lowest BCUT2D eigenvalue weighted by Crippen LogP contribution is -2.44. The zero-order valence-electron chi connectivity index (χ0n) is 8.66. The summed E-state index contributed by atoms with van der Waals surface area (Å²) in [7, 11) is 0. The van der Waals surface area contributed by atoms with Gasteiger partial charge in [0.25, 0.3) is 0 Å². The molecule has 1 saturated heterocycles. The predicted octanol–water partition coefficient (Wildman–Crippen LogP) is -1.22. The van der Waals surface area contributed by atoms with E-state index in [1.165, 1.54) is 0 Å². The van der Waals surface area contributed by atoms with Crippen LogP contribution in [-0.4, -0.2) is 56.2 Å². The van der Waals surface area contributed by atoms with Gasteiger partial charge >= 0.3 is 0 Å². The normalized spacial score (nSPS) is 20.4. The number of carbonyl (C=O) groups excluding carboxylic acids is 1. The summed E-state index contributed by atoms with van der Waals surface area (Å²) in [5.74, 6) is -0.0849. The fraction of sp³-hybridized carbons (Fsp3) is 0.889. The molecule has 0 saturated carbocycles. The van der Waals surface area contributed by atoms with Gasteiger partial charge in [0.05, 0.1) is 19.3 Å². The molecule has 0 unspecified atom stereocenters. The van der Waals surface area contributed by atoms with E-state index in [1.54, 1.807) is 6.92 Å². The van der Waals surface area contributed by atoms with Crippen LogP contribution in [0.3, 0.4) is 0 Å². The fourth-order valence-corrected chi connectivity index (χ4v) is 1.32. The third kappa shape index (κ3) is 4.04. The Bertz CT molecular complexity index is 179. The molecule has 1 aliphatic heterocycles. The van der Waals surface area contributed by atoms with Gasteiger partial charge in [0.15, 0.2) is 0 Å². The Balaban J connectivity index is 2.05. The first-order valence-electron chi connectivity index (χ1n) is 5.03. The maximum Gasteiger partial charge on any atom is 0.236 e. The van der Waals surface area contributed by atoms with E-state index in [-0.39, 0.29) is 5.91 Å². The molecule has 5 heteroatoms. The van der Waals surface area contributed by atoms with Crippen molar-refractivity contribution in [3.63, 3.8) is 0 Å². The molecule has 0 aromatic rings. The molecule has 1 rings (SSSR count). The zero-order valence-corrected chi connectivity index (χ0v) is 8.66. The minimum Gasteiger partial charge on any atom is -0.379 e. The molecule has 0 radical (unpaired) electrons. The summed E-state index contributed by atoms with van der Waals surface area (Å²) in [4.78, 5) is 13.4. The highest BCUT2D eigenvalue weighted by Gasteiger charge is 2.11. The highest BCUT2D eigenvalue weighted by molar-refractivity contribution is 5.80. The lowest BCUT2D eigenvalue weighted by atomic mass is 10.3. The second-order valence-corrected chi connectivity index (χ2v) is 3.53. The summed E-state index contributed by atoms with van der Waals surface area (Å²) in [6.45, 7) is 6.72. The maximum atomic E-state index is 11.1. The van der Waals surface area contributed by atoms with Crippen LogP contribution in [0, 0.1) is 0 Å². The van der Waals surface area contributed by atoms with Gasteiger partial charge < -0.3 is 15.8 Å². The van der Waals surface area contributed by atoms with Gasteiger partial charge in [-0.25, -0.2) is 0 Å². The lowest BCUT2D eigenvalue weighted by molar-refractivity contribution is -0.122. The summed E-state index contributed by atoms with van der Waals surface area (Å²) in [5, 5.41) is 2.78. The molecule has 0 spiro atoms. The number of hydrogen-bond acceptors (Lipinski definition) is 4. The SMILES string of the molecule is C[C@@H](N)C(=O)NCCN1CCOCC1. The van der Waals surface area contributed by atoms with E-state index in [0.29, 0.717) is 6.54 Å². The molecule has 0 aromatic heterocycles. The third-order valence-electron chi connectivity index (χ3n) is 2.24. The summed E-state index contributed by atoms with van der Waals surface area (Å²) in [6.07, 6.45) is 0. The topological polar surface area (TPSA) is 67.6 Å². The average Bonchev–Trinajstić information content (AvgIpc) is 2.19. The van der Waals surface area contributed by atoms with Gasteiger partial charge in [-0.3, -0.25) is 9.69 Å². The molecule has 1 heterocycles. The van der Waals surface area contributed by atoms with E-state index < -0.39 is 6.04 Å². The second kappa shape index (κ2) is 5.95. The molecular weight excluding hydrogens is 182 g/mol. The Kier molecular flexibility index (Phi) is 4.86. The summed E-state index contributed by atoms with van der Waals surface area (Å²) in [6, 6.07) is -0.417. The van der Waals surface area contributed by atoms with Gasteiger partial charge in [0.2, 0.25) is 5.91 Å². The summed E-state index contributed by atoms with van der Waals surface area (Å²) >= 11 is 0. The van der Waals surface area contributed by atoms with Crippen LogP contribution in [0.1, 0.15) is 6.92 Å². The van der Waals surface area contributed by atoms with Crippen LogP contribution in [0.4, 0.5) is 0 Å². The van der Waals surface area contributed by atoms with Gasteiger partial charge in [-0.05, 0) is 6.92 Å². The van der Waals surface area contributed by atoms with Gasteiger partial charge in [-0.15, -0.1) is 0 Å². The fourth-order valence-electron chi connectivity index (χ4n) is 1.32. The highest BCUT2D eigenvalue weighted by atomic mass is 16.5. The molecule has 0 aliphatic carbocycles. The molecule has 1 fully saturated rings. The monoisotopic (exact) mass is 201 g/mol. The van der Waals surface area contributed by atoms with Gasteiger partial charge in [0, 0.05) is 26.2 Å². The highest BCUT2D eigenvalue weighted by Crippen LogP contribution is 1.94. The summed E-state index contributed by atoms with van der Waals surface area (Å²) < 4.78 is 5.22. The largest absolute Gasteiger partial charge is 0.379 e. The Morgan fingerprint density at radius 1 is 1.57 bits per heavy atom. The van der Waals surface area contributed by atoms with E-state index in [9.17, 15) is 4.79 Å². The number of amides is 1. The van der Waals surface area contributed by atoms with Gasteiger partial charge in [-0.2, -0.15) is 0 Å². The standard InChI is InChI=1S/C9H19N3O2/c1-8(10)9(13)11-2-3-12-4-6-14-7-5-12/h8H,2-7,10H2,1H3,(H,11,13)/t8-/m1/s1. The van der Waals surface area contributed by atoms with Crippen molar-refractivity contribution in [2.24, 2.45) is 5.73 Å². The molecule has 1 aliphatic rings. The van der Waals surface area contributed by atoms with Crippen LogP contribution < -0.4 is 11.1 Å². The molecule has 1 amide bonds. The van der Waals surface area contributed by atoms with Crippen LogP contribution in [0.25, 0.3) is 0 Å². The molecule has 3 N–H and O–H groups in total. The summed E-state index contributed by atoms with van der Waals surface area (Å²) in [5.41, 5.74) is 5.41. The molecule has 1 atom stereocenters. The van der Waals surface area contributed by atoms with Crippen molar-refractivity contribution in [1.29, 1.82) is 0 Å². The Labute approximate surface area is 84.6 Å². The Morgan fingerprint density at radius 2 is 2.21 bits per heavy atom. The van der Waals surface area contributed by atoms with Crippen LogP contribution in [0.15, 0.2) is 0 Å². The minimum atomic E-state index is -0.417.